The molecule has 0 fully saturated rings. The van der Waals surface area contributed by atoms with Crippen molar-refractivity contribution in [3.63, 3.8) is 0 Å². The topological polar surface area (TPSA) is 37.3 Å². The van der Waals surface area contributed by atoms with Gasteiger partial charge in [0.1, 0.15) is 0 Å². The molecule has 0 saturated heterocycles. The maximum atomic E-state index is 12.1. The summed E-state index contributed by atoms with van der Waals surface area (Å²) in [7, 11) is -1.17. The minimum absolute atomic E-state index is 0.500. The minimum atomic E-state index is -1.17. The molecule has 2 atom stereocenters. The highest BCUT2D eigenvalue weighted by molar-refractivity contribution is 7.85. The van der Waals surface area contributed by atoms with E-state index in [1.165, 1.54) is 12.8 Å². The van der Waals surface area contributed by atoms with Crippen molar-refractivity contribution in [3.8, 4) is 0 Å². The molecule has 3 heteroatoms. The molecule has 2 nitrogen and oxygen atoms in total. The van der Waals surface area contributed by atoms with Crippen molar-refractivity contribution in [2.75, 3.05) is 0 Å². The van der Waals surface area contributed by atoms with Gasteiger partial charge in [-0.05, 0) is 18.4 Å². The molecule has 2 rings (SSSR count). The molecule has 1 aromatic carbocycles. The van der Waals surface area contributed by atoms with E-state index in [-0.39, 0.29) is 0 Å². The second-order valence-corrected chi connectivity index (χ2v) is 6.40. The van der Waals surface area contributed by atoms with Crippen LogP contribution in [0.5, 0.6) is 0 Å². The first-order chi connectivity index (χ1) is 8.18. The number of unbranched alkanes of at least 4 members (excludes halogenated alkanes) is 3. The van der Waals surface area contributed by atoms with E-state index in [4.69, 9.17) is 0 Å². The number of aliphatic hydroxyl groups is 1. The molecule has 0 bridgehead atoms. The molecule has 0 spiro atoms. The van der Waals surface area contributed by atoms with E-state index in [0.717, 1.165) is 24.0 Å². The molecule has 17 heavy (non-hydrogen) atoms. The van der Waals surface area contributed by atoms with Gasteiger partial charge in [0, 0.05) is 5.56 Å². The molecule has 1 aliphatic rings. The Kier molecular flexibility index (Phi) is 4.00. The van der Waals surface area contributed by atoms with Crippen LogP contribution in [-0.2, 0) is 21.5 Å². The van der Waals surface area contributed by atoms with Crippen LogP contribution in [0.25, 0.3) is 0 Å². The lowest BCUT2D eigenvalue weighted by Gasteiger charge is -2.22. The predicted molar refractivity (Wildman–Crippen MR) is 70.9 cm³/mol. The summed E-state index contributed by atoms with van der Waals surface area (Å²) in [5, 5.41) is 10.6. The molecule has 1 N–H and O–H groups in total. The minimum Gasteiger partial charge on any atom is -0.373 e. The van der Waals surface area contributed by atoms with Gasteiger partial charge in [-0.3, -0.25) is 4.21 Å². The van der Waals surface area contributed by atoms with Gasteiger partial charge < -0.3 is 5.11 Å². The fourth-order valence-electron chi connectivity index (χ4n) is 2.45. The second-order valence-electron chi connectivity index (χ2n) is 4.74. The SMILES string of the molecule is CCCCCCC1(O)c2ccccc2CS1=O. The van der Waals surface area contributed by atoms with Crippen LogP contribution in [0.1, 0.15) is 50.2 Å². The van der Waals surface area contributed by atoms with Crippen molar-refractivity contribution >= 4 is 10.8 Å². The van der Waals surface area contributed by atoms with Gasteiger partial charge in [-0.25, -0.2) is 0 Å². The molecular weight excluding hydrogens is 232 g/mol. The number of hydrogen-bond acceptors (Lipinski definition) is 2. The Morgan fingerprint density at radius 2 is 2.06 bits per heavy atom. The maximum absolute atomic E-state index is 12.1. The third kappa shape index (κ3) is 2.45. The van der Waals surface area contributed by atoms with Crippen molar-refractivity contribution in [3.05, 3.63) is 35.4 Å². The first kappa shape index (κ1) is 12.8. The van der Waals surface area contributed by atoms with E-state index in [0.29, 0.717) is 12.2 Å². The summed E-state index contributed by atoms with van der Waals surface area (Å²) < 4.78 is 12.1. The lowest BCUT2D eigenvalue weighted by Crippen LogP contribution is -2.27. The molecular formula is C14H20O2S. The average Bonchev–Trinajstić information content (AvgIpc) is 2.59. The number of hydrogen-bond donors (Lipinski definition) is 1. The molecule has 0 aromatic heterocycles. The fourth-order valence-corrected chi connectivity index (χ4v) is 4.04. The van der Waals surface area contributed by atoms with Crippen molar-refractivity contribution in [2.24, 2.45) is 0 Å². The zero-order valence-corrected chi connectivity index (χ0v) is 11.1. The largest absolute Gasteiger partial charge is 0.373 e. The monoisotopic (exact) mass is 252 g/mol. The number of fused-ring (bicyclic) bond motifs is 1. The average molecular weight is 252 g/mol. The van der Waals surface area contributed by atoms with Crippen LogP contribution in [0.4, 0.5) is 0 Å². The van der Waals surface area contributed by atoms with Crippen LogP contribution >= 0.6 is 0 Å². The van der Waals surface area contributed by atoms with Gasteiger partial charge in [0.15, 0.2) is 4.93 Å². The lowest BCUT2D eigenvalue weighted by molar-refractivity contribution is 0.120. The molecule has 1 heterocycles. The zero-order chi connectivity index (χ0) is 12.3. The van der Waals surface area contributed by atoms with E-state index in [1.807, 2.05) is 24.3 Å². The summed E-state index contributed by atoms with van der Waals surface area (Å²) in [5.41, 5.74) is 1.93. The van der Waals surface area contributed by atoms with Gasteiger partial charge in [0.25, 0.3) is 0 Å². The molecule has 1 aliphatic heterocycles. The molecule has 1 aromatic rings. The first-order valence-corrected chi connectivity index (χ1v) is 7.69. The van der Waals surface area contributed by atoms with Crippen LogP contribution in [-0.4, -0.2) is 9.32 Å². The Balaban J connectivity index is 2.11. The smallest absolute Gasteiger partial charge is 0.165 e. The summed E-state index contributed by atoms with van der Waals surface area (Å²) in [5.74, 6) is 0.500. The second kappa shape index (κ2) is 5.32. The molecule has 0 radical (unpaired) electrons. The molecule has 0 amide bonds. The van der Waals surface area contributed by atoms with Crippen molar-refractivity contribution in [1.82, 2.24) is 0 Å². The Morgan fingerprint density at radius 1 is 1.29 bits per heavy atom. The molecule has 0 saturated carbocycles. The van der Waals surface area contributed by atoms with Gasteiger partial charge in [0.05, 0.1) is 16.6 Å². The van der Waals surface area contributed by atoms with Crippen LogP contribution < -0.4 is 0 Å². The van der Waals surface area contributed by atoms with Crippen molar-refractivity contribution < 1.29 is 9.32 Å². The van der Waals surface area contributed by atoms with E-state index < -0.39 is 15.7 Å². The molecule has 94 valence electrons. The quantitative estimate of drug-likeness (QED) is 0.818. The first-order valence-electron chi connectivity index (χ1n) is 6.37. The van der Waals surface area contributed by atoms with Crippen molar-refractivity contribution in [1.29, 1.82) is 0 Å². The highest BCUT2D eigenvalue weighted by Crippen LogP contribution is 2.40. The predicted octanol–water partition coefficient (Wildman–Crippen LogP) is 3.06. The zero-order valence-electron chi connectivity index (χ0n) is 10.3. The van der Waals surface area contributed by atoms with Crippen LogP contribution in [0, 0.1) is 0 Å². The summed E-state index contributed by atoms with van der Waals surface area (Å²) in [6.07, 6.45) is 5.04. The summed E-state index contributed by atoms with van der Waals surface area (Å²) in [6.45, 7) is 2.16. The Bertz CT molecular complexity index is 416. The van der Waals surface area contributed by atoms with Crippen LogP contribution in [0.2, 0.25) is 0 Å². The normalized spacial score (nSPS) is 27.1. The van der Waals surface area contributed by atoms with Gasteiger partial charge in [-0.1, -0.05) is 50.5 Å². The van der Waals surface area contributed by atoms with Gasteiger partial charge >= 0.3 is 0 Å². The number of benzene rings is 1. The molecule has 0 aliphatic carbocycles. The Labute approximate surface area is 106 Å². The van der Waals surface area contributed by atoms with E-state index in [9.17, 15) is 9.32 Å². The van der Waals surface area contributed by atoms with Crippen LogP contribution in [0.15, 0.2) is 24.3 Å². The summed E-state index contributed by atoms with van der Waals surface area (Å²) >= 11 is 0. The Hall–Kier alpha value is -0.670. The highest BCUT2D eigenvalue weighted by atomic mass is 32.2. The number of rotatable bonds is 5. The third-order valence-corrected chi connectivity index (χ3v) is 5.22. The van der Waals surface area contributed by atoms with Crippen molar-refractivity contribution in [2.45, 2.75) is 49.7 Å². The highest BCUT2D eigenvalue weighted by Gasteiger charge is 2.42. The van der Waals surface area contributed by atoms with E-state index in [2.05, 4.69) is 6.92 Å². The van der Waals surface area contributed by atoms with E-state index in [1.54, 1.807) is 0 Å². The standard InChI is InChI=1S/C14H20O2S/c1-2-3-4-7-10-14(15)13-9-6-5-8-12(13)11-17(14)16/h5-6,8-9,15H,2-4,7,10-11H2,1H3. The molecule has 2 unspecified atom stereocenters. The van der Waals surface area contributed by atoms with Gasteiger partial charge in [0.2, 0.25) is 0 Å². The van der Waals surface area contributed by atoms with Crippen LogP contribution in [0.3, 0.4) is 0 Å². The maximum Gasteiger partial charge on any atom is 0.165 e. The third-order valence-electron chi connectivity index (χ3n) is 3.47. The lowest BCUT2D eigenvalue weighted by atomic mass is 9.98. The Morgan fingerprint density at radius 3 is 2.82 bits per heavy atom. The summed E-state index contributed by atoms with van der Waals surface area (Å²) in [6, 6.07) is 7.74. The fraction of sp³-hybridized carbons (Fsp3) is 0.571. The summed E-state index contributed by atoms with van der Waals surface area (Å²) in [4.78, 5) is -1.09. The van der Waals surface area contributed by atoms with Gasteiger partial charge in [-0.15, -0.1) is 0 Å². The van der Waals surface area contributed by atoms with E-state index >= 15 is 0 Å². The van der Waals surface area contributed by atoms with Gasteiger partial charge in [-0.2, -0.15) is 0 Å².